The lowest BCUT2D eigenvalue weighted by atomic mass is 9.83. The summed E-state index contributed by atoms with van der Waals surface area (Å²) in [6, 6.07) is 0. The van der Waals surface area contributed by atoms with E-state index >= 15 is 0 Å². The minimum atomic E-state index is -0.882. The smallest absolute Gasteiger partial charge is 0.135 e. The fourth-order valence-corrected chi connectivity index (χ4v) is 1.17. The molecule has 1 saturated heterocycles. The van der Waals surface area contributed by atoms with Gasteiger partial charge in [-0.1, -0.05) is 20.8 Å². The minimum absolute atomic E-state index is 0.272. The molecule has 0 amide bonds. The maximum atomic E-state index is 13.4. The highest BCUT2D eigenvalue weighted by Gasteiger charge is 2.37. The Balaban J connectivity index is 2.21. The summed E-state index contributed by atoms with van der Waals surface area (Å²) in [7, 11) is 0. The highest BCUT2D eigenvalue weighted by Crippen LogP contribution is 2.29. The lowest BCUT2D eigenvalue weighted by molar-refractivity contribution is 0.0665. The van der Waals surface area contributed by atoms with Gasteiger partial charge in [-0.15, -0.1) is 0 Å². The lowest BCUT2D eigenvalue weighted by Gasteiger charge is -2.36. The van der Waals surface area contributed by atoms with Crippen LogP contribution in [0.25, 0.3) is 0 Å². The third kappa shape index (κ3) is 2.78. The van der Waals surface area contributed by atoms with Crippen LogP contribution in [0.2, 0.25) is 0 Å². The van der Waals surface area contributed by atoms with Crippen LogP contribution in [0.15, 0.2) is 0 Å². The average Bonchev–Trinajstić information content (AvgIpc) is 1.77. The zero-order valence-corrected chi connectivity index (χ0v) is 7.71. The van der Waals surface area contributed by atoms with Gasteiger partial charge in [-0.05, 0) is 18.3 Å². The lowest BCUT2D eigenvalue weighted by Crippen LogP contribution is -2.56. The second kappa shape index (κ2) is 2.74. The first-order chi connectivity index (χ1) is 4.91. The third-order valence-electron chi connectivity index (χ3n) is 2.21. The Morgan fingerprint density at radius 2 is 1.91 bits per heavy atom. The zero-order valence-electron chi connectivity index (χ0n) is 7.71. The molecule has 0 bridgehead atoms. The molecule has 0 spiro atoms. The molecule has 0 aromatic heterocycles. The van der Waals surface area contributed by atoms with Gasteiger partial charge in [-0.3, -0.25) is 0 Å². The second-order valence-electron chi connectivity index (χ2n) is 4.82. The van der Waals surface area contributed by atoms with E-state index in [4.69, 9.17) is 0 Å². The Bertz CT molecular complexity index is 133. The summed E-state index contributed by atoms with van der Waals surface area (Å²) in [4.78, 5) is 0. The first-order valence-corrected chi connectivity index (χ1v) is 4.31. The molecule has 1 heterocycles. The van der Waals surface area contributed by atoms with Crippen LogP contribution in [-0.2, 0) is 0 Å². The van der Waals surface area contributed by atoms with Crippen molar-refractivity contribution in [2.45, 2.75) is 39.3 Å². The molecule has 0 saturated carbocycles. The molecule has 1 N–H and O–H groups in total. The maximum Gasteiger partial charge on any atom is 0.135 e. The van der Waals surface area contributed by atoms with E-state index in [0.717, 1.165) is 6.42 Å². The average molecular weight is 159 g/mol. The van der Waals surface area contributed by atoms with Gasteiger partial charge in [0.05, 0.1) is 0 Å². The molecule has 1 aliphatic heterocycles. The summed E-state index contributed by atoms with van der Waals surface area (Å²) in [5, 5.41) is 2.96. The van der Waals surface area contributed by atoms with Crippen molar-refractivity contribution in [3.8, 4) is 0 Å². The summed E-state index contributed by atoms with van der Waals surface area (Å²) < 4.78 is 13.4. The van der Waals surface area contributed by atoms with E-state index in [1.165, 1.54) is 0 Å². The molecule has 1 fully saturated rings. The van der Waals surface area contributed by atoms with Crippen LogP contribution in [0, 0.1) is 5.41 Å². The molecule has 0 atom stereocenters. The molecule has 0 unspecified atom stereocenters. The van der Waals surface area contributed by atoms with Gasteiger partial charge in [0.2, 0.25) is 0 Å². The SMILES string of the molecule is CC(C)(C)CCC1(F)CNC1. The second-order valence-corrected chi connectivity index (χ2v) is 4.82. The van der Waals surface area contributed by atoms with Gasteiger partial charge in [0.15, 0.2) is 0 Å². The Morgan fingerprint density at radius 3 is 2.18 bits per heavy atom. The summed E-state index contributed by atoms with van der Waals surface area (Å²) >= 11 is 0. The van der Waals surface area contributed by atoms with Crippen molar-refractivity contribution >= 4 is 0 Å². The largest absolute Gasteiger partial charge is 0.310 e. The Kier molecular flexibility index (Phi) is 2.24. The van der Waals surface area contributed by atoms with Crippen molar-refractivity contribution in [3.05, 3.63) is 0 Å². The van der Waals surface area contributed by atoms with E-state index in [1.54, 1.807) is 0 Å². The highest BCUT2D eigenvalue weighted by atomic mass is 19.1. The van der Waals surface area contributed by atoms with Gasteiger partial charge in [0, 0.05) is 13.1 Å². The van der Waals surface area contributed by atoms with Crippen molar-refractivity contribution in [2.75, 3.05) is 13.1 Å². The fourth-order valence-electron chi connectivity index (χ4n) is 1.17. The van der Waals surface area contributed by atoms with Crippen molar-refractivity contribution < 1.29 is 4.39 Å². The monoisotopic (exact) mass is 159 g/mol. The van der Waals surface area contributed by atoms with E-state index in [0.29, 0.717) is 19.5 Å². The van der Waals surface area contributed by atoms with Crippen LogP contribution < -0.4 is 5.32 Å². The summed E-state index contributed by atoms with van der Waals surface area (Å²) in [5.74, 6) is 0. The van der Waals surface area contributed by atoms with Crippen LogP contribution in [0.4, 0.5) is 4.39 Å². The molecular formula is C9H18FN. The molecule has 66 valence electrons. The Hall–Kier alpha value is -0.110. The highest BCUT2D eigenvalue weighted by molar-refractivity contribution is 4.93. The molecule has 1 rings (SSSR count). The van der Waals surface area contributed by atoms with Crippen LogP contribution in [0.5, 0.6) is 0 Å². The number of rotatable bonds is 2. The molecule has 0 radical (unpaired) electrons. The van der Waals surface area contributed by atoms with Crippen LogP contribution in [0.3, 0.4) is 0 Å². The predicted molar refractivity (Wildman–Crippen MR) is 45.4 cm³/mol. The van der Waals surface area contributed by atoms with E-state index in [-0.39, 0.29) is 5.41 Å². The molecule has 0 aliphatic carbocycles. The number of halogens is 1. The van der Waals surface area contributed by atoms with Crippen molar-refractivity contribution in [1.29, 1.82) is 0 Å². The molecule has 2 heteroatoms. The number of alkyl halides is 1. The zero-order chi connectivity index (χ0) is 8.54. The molecule has 0 aromatic carbocycles. The molecule has 0 aromatic rings. The van der Waals surface area contributed by atoms with Crippen LogP contribution >= 0.6 is 0 Å². The molecular weight excluding hydrogens is 141 g/mol. The van der Waals surface area contributed by atoms with Gasteiger partial charge in [-0.2, -0.15) is 0 Å². The molecule has 1 aliphatic rings. The van der Waals surface area contributed by atoms with E-state index in [9.17, 15) is 4.39 Å². The van der Waals surface area contributed by atoms with Crippen molar-refractivity contribution in [1.82, 2.24) is 5.32 Å². The number of nitrogens with one attached hydrogen (secondary N) is 1. The van der Waals surface area contributed by atoms with Gasteiger partial charge < -0.3 is 5.32 Å². The van der Waals surface area contributed by atoms with E-state index in [2.05, 4.69) is 26.1 Å². The topological polar surface area (TPSA) is 12.0 Å². The quantitative estimate of drug-likeness (QED) is 0.650. The Morgan fingerprint density at radius 1 is 1.36 bits per heavy atom. The van der Waals surface area contributed by atoms with Crippen LogP contribution in [0.1, 0.15) is 33.6 Å². The molecule has 11 heavy (non-hydrogen) atoms. The van der Waals surface area contributed by atoms with Crippen molar-refractivity contribution in [2.24, 2.45) is 5.41 Å². The van der Waals surface area contributed by atoms with Crippen LogP contribution in [-0.4, -0.2) is 18.8 Å². The van der Waals surface area contributed by atoms with Gasteiger partial charge in [-0.25, -0.2) is 4.39 Å². The van der Waals surface area contributed by atoms with Gasteiger partial charge in [0.1, 0.15) is 5.67 Å². The molecule has 1 nitrogen and oxygen atoms in total. The minimum Gasteiger partial charge on any atom is -0.310 e. The first-order valence-electron chi connectivity index (χ1n) is 4.31. The third-order valence-corrected chi connectivity index (χ3v) is 2.21. The fraction of sp³-hybridized carbons (Fsp3) is 1.00. The summed E-state index contributed by atoms with van der Waals surface area (Å²) in [6.45, 7) is 7.58. The number of hydrogen-bond acceptors (Lipinski definition) is 1. The van der Waals surface area contributed by atoms with Gasteiger partial charge >= 0.3 is 0 Å². The maximum absolute atomic E-state index is 13.4. The van der Waals surface area contributed by atoms with Gasteiger partial charge in [0.25, 0.3) is 0 Å². The number of hydrogen-bond donors (Lipinski definition) is 1. The summed E-state index contributed by atoms with van der Waals surface area (Å²) in [6.07, 6.45) is 1.69. The predicted octanol–water partition coefficient (Wildman–Crippen LogP) is 2.12. The van der Waals surface area contributed by atoms with E-state index in [1.807, 2.05) is 0 Å². The Labute approximate surface area is 68.4 Å². The normalized spacial score (nSPS) is 22.9. The first kappa shape index (κ1) is 8.98. The standard InChI is InChI=1S/C9H18FN/c1-8(2,3)4-5-9(10)6-11-7-9/h11H,4-7H2,1-3H3. The van der Waals surface area contributed by atoms with E-state index < -0.39 is 5.67 Å². The summed E-state index contributed by atoms with van der Waals surface area (Å²) in [5.41, 5.74) is -0.609. The van der Waals surface area contributed by atoms with Crippen molar-refractivity contribution in [3.63, 3.8) is 0 Å².